The largest absolute Gasteiger partial charge is 0.508 e. The first kappa shape index (κ1) is 29.2. The Hall–Kier alpha value is -3.88. The highest BCUT2D eigenvalue weighted by Crippen LogP contribution is 2.27. The maximum absolute atomic E-state index is 11.4. The molecular formula is C21H28N6O7S. The molecule has 2 rings (SSSR count). The van der Waals surface area contributed by atoms with Crippen LogP contribution in [0.1, 0.15) is 18.4 Å². The smallest absolute Gasteiger partial charge is 0.321 e. The van der Waals surface area contributed by atoms with Crippen LogP contribution >= 0.6 is 11.9 Å². The third-order valence-electron chi connectivity index (χ3n) is 4.33. The van der Waals surface area contributed by atoms with E-state index in [4.69, 9.17) is 22.3 Å². The van der Waals surface area contributed by atoms with E-state index in [1.54, 1.807) is 30.3 Å². The average molecular weight is 509 g/mol. The van der Waals surface area contributed by atoms with Gasteiger partial charge in [-0.15, -0.1) is 0 Å². The number of para-hydroxylation sites is 1. The van der Waals surface area contributed by atoms with Crippen LogP contribution in [0.4, 0.5) is 5.69 Å². The van der Waals surface area contributed by atoms with Gasteiger partial charge in [-0.2, -0.15) is 0 Å². The van der Waals surface area contributed by atoms with Crippen molar-refractivity contribution in [1.29, 1.82) is 0 Å². The standard InChI is InChI=1S/C15H14N2O5S.C6H14N4O2/c18-11-7-5-10(6-8-11)9-12(15(19)20)16-23-14-4-2-1-3-13(14)17(21)22;7-4(5(11)12)2-1-3-10-6(8)9/h1-8,12,16,18H,9H2,(H,19,20);4H,1-3,7H2,(H,11,12)(H4,8,9,10). The van der Waals surface area contributed by atoms with Crippen molar-refractivity contribution < 1.29 is 29.8 Å². The highest BCUT2D eigenvalue weighted by Gasteiger charge is 2.20. The molecule has 2 aromatic rings. The van der Waals surface area contributed by atoms with Crippen molar-refractivity contribution in [2.75, 3.05) is 6.54 Å². The molecule has 0 spiro atoms. The summed E-state index contributed by atoms with van der Waals surface area (Å²) >= 11 is 0.912. The van der Waals surface area contributed by atoms with Crippen LogP contribution in [0, 0.1) is 10.1 Å². The number of phenolic OH excluding ortho intramolecular Hbond substituents is 1. The van der Waals surface area contributed by atoms with E-state index in [1.807, 2.05) is 0 Å². The van der Waals surface area contributed by atoms with Gasteiger partial charge in [-0.1, -0.05) is 24.3 Å². The van der Waals surface area contributed by atoms with Gasteiger partial charge in [0.2, 0.25) is 0 Å². The normalized spacial score (nSPS) is 11.9. The first-order valence-electron chi connectivity index (χ1n) is 10.2. The number of carbonyl (C=O) groups is 2. The Bertz CT molecular complexity index is 1020. The number of rotatable bonds is 12. The number of carboxylic acids is 2. The molecule has 2 atom stereocenters. The average Bonchev–Trinajstić information content (AvgIpc) is 2.80. The number of aliphatic carboxylic acids is 2. The zero-order valence-electron chi connectivity index (χ0n) is 18.6. The lowest BCUT2D eigenvalue weighted by Gasteiger charge is -2.14. The van der Waals surface area contributed by atoms with Crippen molar-refractivity contribution in [1.82, 2.24) is 4.72 Å². The molecular weight excluding hydrogens is 480 g/mol. The van der Waals surface area contributed by atoms with Crippen LogP contribution < -0.4 is 21.9 Å². The molecule has 13 nitrogen and oxygen atoms in total. The maximum Gasteiger partial charge on any atom is 0.321 e. The van der Waals surface area contributed by atoms with Crippen LogP contribution in [0.3, 0.4) is 0 Å². The first-order valence-corrected chi connectivity index (χ1v) is 11.0. The van der Waals surface area contributed by atoms with Crippen LogP contribution in [0.25, 0.3) is 0 Å². The highest BCUT2D eigenvalue weighted by atomic mass is 32.2. The second-order valence-electron chi connectivity index (χ2n) is 7.10. The minimum absolute atomic E-state index is 0.0129. The fourth-order valence-electron chi connectivity index (χ4n) is 2.52. The Morgan fingerprint density at radius 2 is 1.71 bits per heavy atom. The molecule has 0 fully saturated rings. The quantitative estimate of drug-likeness (QED) is 0.0531. The van der Waals surface area contributed by atoms with E-state index in [1.165, 1.54) is 18.2 Å². The number of nitro benzene ring substituents is 1. The molecule has 0 aliphatic carbocycles. The summed E-state index contributed by atoms with van der Waals surface area (Å²) in [4.78, 5) is 36.0. The summed E-state index contributed by atoms with van der Waals surface area (Å²) in [5, 5.41) is 37.8. The number of nitrogens with one attached hydrogen (secondary N) is 1. The van der Waals surface area contributed by atoms with Crippen LogP contribution in [-0.4, -0.2) is 56.8 Å². The van der Waals surface area contributed by atoms with Crippen molar-refractivity contribution in [3.8, 4) is 5.75 Å². The van der Waals surface area contributed by atoms with Crippen molar-refractivity contribution in [3.63, 3.8) is 0 Å². The van der Waals surface area contributed by atoms with Gasteiger partial charge in [-0.05, 0) is 55.0 Å². The number of nitro groups is 1. The molecule has 14 heteroatoms. The lowest BCUT2D eigenvalue weighted by molar-refractivity contribution is -0.387. The number of benzene rings is 2. The second-order valence-corrected chi connectivity index (χ2v) is 7.98. The topological polar surface area (TPSA) is 240 Å². The highest BCUT2D eigenvalue weighted by molar-refractivity contribution is 7.97. The van der Waals surface area contributed by atoms with Gasteiger partial charge in [0.05, 0.1) is 4.92 Å². The van der Waals surface area contributed by atoms with E-state index in [-0.39, 0.29) is 23.8 Å². The summed E-state index contributed by atoms with van der Waals surface area (Å²) in [5.41, 5.74) is 16.0. The monoisotopic (exact) mass is 508 g/mol. The first-order chi connectivity index (χ1) is 16.5. The zero-order chi connectivity index (χ0) is 26.4. The molecule has 0 saturated heterocycles. The Kier molecular flexibility index (Phi) is 12.6. The summed E-state index contributed by atoms with van der Waals surface area (Å²) in [7, 11) is 0. The summed E-state index contributed by atoms with van der Waals surface area (Å²) in [6.45, 7) is 0.420. The van der Waals surface area contributed by atoms with Gasteiger partial charge in [0, 0.05) is 12.6 Å². The molecule has 0 aromatic heterocycles. The summed E-state index contributed by atoms with van der Waals surface area (Å²) in [6, 6.07) is 10.6. The zero-order valence-corrected chi connectivity index (χ0v) is 19.4. The van der Waals surface area contributed by atoms with Crippen molar-refractivity contribution in [2.24, 2.45) is 22.2 Å². The molecule has 35 heavy (non-hydrogen) atoms. The van der Waals surface area contributed by atoms with Crippen LogP contribution in [0.2, 0.25) is 0 Å². The lowest BCUT2D eigenvalue weighted by atomic mass is 10.1. The summed E-state index contributed by atoms with van der Waals surface area (Å²) in [6.07, 6.45) is 1.14. The Labute approximate surface area is 205 Å². The molecule has 0 radical (unpaired) electrons. The van der Waals surface area contributed by atoms with E-state index in [0.29, 0.717) is 24.3 Å². The maximum atomic E-state index is 11.4. The molecule has 190 valence electrons. The lowest BCUT2D eigenvalue weighted by Crippen LogP contribution is -2.34. The number of nitrogens with zero attached hydrogens (tertiary/aromatic N) is 2. The summed E-state index contributed by atoms with van der Waals surface area (Å²) < 4.78 is 2.74. The van der Waals surface area contributed by atoms with Gasteiger partial charge in [-0.3, -0.25) is 24.7 Å². The van der Waals surface area contributed by atoms with Gasteiger partial charge in [0.15, 0.2) is 5.96 Å². The predicted molar refractivity (Wildman–Crippen MR) is 131 cm³/mol. The van der Waals surface area contributed by atoms with E-state index in [2.05, 4.69) is 9.71 Å². The van der Waals surface area contributed by atoms with Crippen LogP contribution in [-0.2, 0) is 16.0 Å². The Morgan fingerprint density at radius 3 is 2.26 bits per heavy atom. The Balaban J connectivity index is 0.000000434. The molecule has 0 saturated carbocycles. The third-order valence-corrected chi connectivity index (χ3v) is 5.30. The van der Waals surface area contributed by atoms with Crippen molar-refractivity contribution in [3.05, 3.63) is 64.2 Å². The van der Waals surface area contributed by atoms with E-state index < -0.39 is 28.9 Å². The fourth-order valence-corrected chi connectivity index (χ4v) is 3.37. The van der Waals surface area contributed by atoms with Gasteiger partial charge < -0.3 is 32.5 Å². The van der Waals surface area contributed by atoms with E-state index in [9.17, 15) is 29.9 Å². The molecule has 0 bridgehead atoms. The van der Waals surface area contributed by atoms with Crippen LogP contribution in [0.15, 0.2) is 58.4 Å². The van der Waals surface area contributed by atoms with Gasteiger partial charge in [-0.25, -0.2) is 4.72 Å². The number of carboxylic acid groups (broad SMARTS) is 2. The van der Waals surface area contributed by atoms with Crippen LogP contribution in [0.5, 0.6) is 5.75 Å². The molecule has 10 N–H and O–H groups in total. The molecule has 2 unspecified atom stereocenters. The summed E-state index contributed by atoms with van der Waals surface area (Å²) in [5.74, 6) is -1.95. The van der Waals surface area contributed by atoms with Crippen molar-refractivity contribution in [2.45, 2.75) is 36.2 Å². The third kappa shape index (κ3) is 11.7. The number of hydrogen-bond donors (Lipinski definition) is 7. The number of nitrogens with two attached hydrogens (primary N) is 3. The molecule has 0 aliphatic heterocycles. The minimum Gasteiger partial charge on any atom is -0.508 e. The number of guanidine groups is 1. The fraction of sp³-hybridized carbons (Fsp3) is 0.286. The van der Waals surface area contributed by atoms with E-state index >= 15 is 0 Å². The number of aliphatic imine (C=N–C) groups is 1. The van der Waals surface area contributed by atoms with Crippen molar-refractivity contribution >= 4 is 35.5 Å². The molecule has 2 aromatic carbocycles. The Morgan fingerprint density at radius 1 is 1.09 bits per heavy atom. The predicted octanol–water partition coefficient (Wildman–Crippen LogP) is 1.04. The minimum atomic E-state index is -1.07. The second kappa shape index (κ2) is 15.1. The molecule has 0 aliphatic rings. The number of aromatic hydroxyl groups is 1. The number of phenols is 1. The number of hydrogen-bond acceptors (Lipinski definition) is 9. The van der Waals surface area contributed by atoms with Gasteiger partial charge in [0.25, 0.3) is 5.69 Å². The molecule has 0 heterocycles. The van der Waals surface area contributed by atoms with Gasteiger partial charge in [0.1, 0.15) is 22.7 Å². The molecule has 0 amide bonds. The SMILES string of the molecule is NC(N)=NCCCC(N)C(=O)O.O=C(O)C(Cc1ccc(O)cc1)NSc1ccccc1[N+](=O)[O-]. The van der Waals surface area contributed by atoms with E-state index in [0.717, 1.165) is 17.5 Å². The van der Waals surface area contributed by atoms with Gasteiger partial charge >= 0.3 is 11.9 Å².